The zero-order valence-electron chi connectivity index (χ0n) is 18.2. The third-order valence-electron chi connectivity index (χ3n) is 6.17. The number of aryl methyl sites for hydroxylation is 1. The molecule has 2 amide bonds. The van der Waals surface area contributed by atoms with Crippen molar-refractivity contribution in [2.75, 3.05) is 11.5 Å². The van der Waals surface area contributed by atoms with Crippen molar-refractivity contribution in [1.82, 2.24) is 15.1 Å². The van der Waals surface area contributed by atoms with Crippen LogP contribution in [0.1, 0.15) is 66.1 Å². The Kier molecular flexibility index (Phi) is 5.56. The minimum Gasteiger partial charge on any atom is -0.461 e. The molecule has 31 heavy (non-hydrogen) atoms. The number of carbonyl (C=O) groups is 3. The highest BCUT2D eigenvalue weighted by Crippen LogP contribution is 2.35. The number of nitrogens with zero attached hydrogens (tertiary/aromatic N) is 3. The van der Waals surface area contributed by atoms with Crippen LogP contribution >= 0.6 is 0 Å². The Balaban J connectivity index is 1.78. The molecule has 164 valence electrons. The van der Waals surface area contributed by atoms with Gasteiger partial charge < -0.3 is 10.1 Å². The quantitative estimate of drug-likeness (QED) is 0.745. The minimum atomic E-state index is -1.20. The number of amides is 2. The molecule has 0 bridgehead atoms. The summed E-state index contributed by atoms with van der Waals surface area (Å²) in [7, 11) is 0. The molecule has 2 aromatic rings. The van der Waals surface area contributed by atoms with E-state index in [0.717, 1.165) is 31.2 Å². The molecule has 4 rings (SSSR count). The molecule has 1 aliphatic carbocycles. The Labute approximate surface area is 181 Å². The summed E-state index contributed by atoms with van der Waals surface area (Å²) in [5.41, 5.74) is 0.681. The second-order valence-electron chi connectivity index (χ2n) is 8.45. The summed E-state index contributed by atoms with van der Waals surface area (Å²) in [4.78, 5) is 40.9. The number of rotatable bonds is 5. The molecule has 2 heterocycles. The van der Waals surface area contributed by atoms with Gasteiger partial charge in [-0.2, -0.15) is 5.10 Å². The van der Waals surface area contributed by atoms with Crippen LogP contribution in [0.2, 0.25) is 0 Å². The van der Waals surface area contributed by atoms with Crippen molar-refractivity contribution >= 4 is 23.5 Å². The van der Waals surface area contributed by atoms with E-state index in [0.29, 0.717) is 5.69 Å². The molecule has 1 aromatic carbocycles. The van der Waals surface area contributed by atoms with E-state index in [1.807, 2.05) is 31.2 Å². The van der Waals surface area contributed by atoms with Crippen molar-refractivity contribution in [2.24, 2.45) is 0 Å². The first-order valence-electron chi connectivity index (χ1n) is 10.8. The topological polar surface area (TPSA) is 93.5 Å². The molecule has 1 aromatic heterocycles. The lowest BCUT2D eigenvalue weighted by Gasteiger charge is -2.44. The number of aromatic nitrogens is 2. The van der Waals surface area contributed by atoms with Gasteiger partial charge in [-0.05, 0) is 45.2 Å². The van der Waals surface area contributed by atoms with E-state index in [2.05, 4.69) is 10.4 Å². The summed E-state index contributed by atoms with van der Waals surface area (Å²) in [6, 6.07) is 9.06. The van der Waals surface area contributed by atoms with Gasteiger partial charge in [0.1, 0.15) is 11.2 Å². The number of hydrogen-bond donors (Lipinski definition) is 1. The van der Waals surface area contributed by atoms with Crippen molar-refractivity contribution in [3.8, 4) is 0 Å². The second-order valence-corrected chi connectivity index (χ2v) is 8.45. The monoisotopic (exact) mass is 424 g/mol. The van der Waals surface area contributed by atoms with Crippen LogP contribution in [0.25, 0.3) is 0 Å². The normalized spacial score (nSPS) is 21.1. The third kappa shape index (κ3) is 3.71. The van der Waals surface area contributed by atoms with Crippen molar-refractivity contribution < 1.29 is 19.1 Å². The number of anilines is 1. The number of para-hydroxylation sites is 1. The summed E-state index contributed by atoms with van der Waals surface area (Å²) in [5, 5.41) is 7.44. The Hall–Kier alpha value is -3.16. The van der Waals surface area contributed by atoms with Crippen LogP contribution in [0, 0.1) is 6.92 Å². The third-order valence-corrected chi connectivity index (χ3v) is 6.17. The lowest BCUT2D eigenvalue weighted by molar-refractivity contribution is -0.127. The Morgan fingerprint density at radius 3 is 2.65 bits per heavy atom. The first kappa shape index (κ1) is 21.1. The fourth-order valence-corrected chi connectivity index (χ4v) is 4.49. The first-order chi connectivity index (χ1) is 14.8. The molecule has 2 aliphatic rings. The van der Waals surface area contributed by atoms with Gasteiger partial charge in [0, 0.05) is 17.8 Å². The number of fused-ring (bicyclic) bond motifs is 1. The Morgan fingerprint density at radius 2 is 1.97 bits per heavy atom. The van der Waals surface area contributed by atoms with E-state index in [4.69, 9.17) is 4.74 Å². The maximum Gasteiger partial charge on any atom is 0.358 e. The standard InChI is InChI=1S/C23H28N4O4/c1-4-31-21(29)17-13-19-20(28)27(18-12-8-5-9-15(18)2)23(3,14-26(19)25-17)22(30)24-16-10-6-7-11-16/h5,8-9,12-13,16H,4,6-7,10-11,14H2,1-3H3,(H,24,30)/t23-/m0/s1. The van der Waals surface area contributed by atoms with Crippen LogP contribution in [0.5, 0.6) is 0 Å². The molecule has 8 heteroatoms. The van der Waals surface area contributed by atoms with Gasteiger partial charge in [0.2, 0.25) is 5.91 Å². The smallest absolute Gasteiger partial charge is 0.358 e. The summed E-state index contributed by atoms with van der Waals surface area (Å²) in [6.07, 6.45) is 4.07. The fourth-order valence-electron chi connectivity index (χ4n) is 4.49. The second kappa shape index (κ2) is 8.17. The fraction of sp³-hybridized carbons (Fsp3) is 0.478. The number of nitrogens with one attached hydrogen (secondary N) is 1. The molecule has 0 spiro atoms. The number of hydrogen-bond acceptors (Lipinski definition) is 5. The molecular formula is C23H28N4O4. The summed E-state index contributed by atoms with van der Waals surface area (Å²) >= 11 is 0. The molecule has 1 aliphatic heterocycles. The molecule has 0 radical (unpaired) electrons. The van der Waals surface area contributed by atoms with Crippen LogP contribution in [0.3, 0.4) is 0 Å². The summed E-state index contributed by atoms with van der Waals surface area (Å²) in [5.74, 6) is -1.17. The van der Waals surface area contributed by atoms with E-state index >= 15 is 0 Å². The van der Waals surface area contributed by atoms with Gasteiger partial charge in [-0.15, -0.1) is 0 Å². The Morgan fingerprint density at radius 1 is 1.26 bits per heavy atom. The predicted molar refractivity (Wildman–Crippen MR) is 115 cm³/mol. The number of ether oxygens (including phenoxy) is 1. The molecule has 0 saturated heterocycles. The van der Waals surface area contributed by atoms with Crippen molar-refractivity contribution in [3.05, 3.63) is 47.3 Å². The van der Waals surface area contributed by atoms with Gasteiger partial charge in [-0.25, -0.2) is 4.79 Å². The lowest BCUT2D eigenvalue weighted by Crippen LogP contribution is -2.65. The molecule has 1 N–H and O–H groups in total. The number of carbonyl (C=O) groups excluding carboxylic acids is 3. The average molecular weight is 425 g/mol. The zero-order valence-corrected chi connectivity index (χ0v) is 18.2. The minimum absolute atomic E-state index is 0.0652. The number of benzene rings is 1. The van der Waals surface area contributed by atoms with Gasteiger partial charge in [0.05, 0.1) is 13.2 Å². The zero-order chi connectivity index (χ0) is 22.2. The maximum absolute atomic E-state index is 13.7. The Bertz CT molecular complexity index is 1020. The van der Waals surface area contributed by atoms with Crippen LogP contribution in [-0.4, -0.2) is 45.8 Å². The van der Waals surface area contributed by atoms with Crippen LogP contribution in [0.4, 0.5) is 5.69 Å². The maximum atomic E-state index is 13.7. The van der Waals surface area contributed by atoms with Crippen LogP contribution in [-0.2, 0) is 16.1 Å². The highest BCUT2D eigenvalue weighted by Gasteiger charge is 2.50. The van der Waals surface area contributed by atoms with Gasteiger partial charge in [-0.3, -0.25) is 19.2 Å². The SMILES string of the molecule is CCOC(=O)c1cc2n(n1)C[C@@](C)(C(=O)NC1CCCC1)N(c1ccccc1C)C2=O. The molecule has 8 nitrogen and oxygen atoms in total. The molecule has 1 fully saturated rings. The van der Waals surface area contributed by atoms with E-state index in [1.165, 1.54) is 10.7 Å². The van der Waals surface area contributed by atoms with Gasteiger partial charge in [0.15, 0.2) is 5.69 Å². The van der Waals surface area contributed by atoms with E-state index in [1.54, 1.807) is 18.7 Å². The molecule has 1 saturated carbocycles. The number of esters is 1. The van der Waals surface area contributed by atoms with E-state index in [9.17, 15) is 14.4 Å². The molecule has 0 unspecified atom stereocenters. The van der Waals surface area contributed by atoms with E-state index < -0.39 is 11.5 Å². The average Bonchev–Trinajstić information content (AvgIpc) is 3.39. The highest BCUT2D eigenvalue weighted by molar-refractivity contribution is 6.12. The van der Waals surface area contributed by atoms with Gasteiger partial charge in [-0.1, -0.05) is 31.0 Å². The lowest BCUT2D eigenvalue weighted by atomic mass is 9.92. The van der Waals surface area contributed by atoms with Crippen molar-refractivity contribution in [1.29, 1.82) is 0 Å². The molecule has 1 atom stereocenters. The van der Waals surface area contributed by atoms with Gasteiger partial charge in [0.25, 0.3) is 5.91 Å². The highest BCUT2D eigenvalue weighted by atomic mass is 16.5. The van der Waals surface area contributed by atoms with Crippen LogP contribution in [0.15, 0.2) is 30.3 Å². The van der Waals surface area contributed by atoms with Crippen molar-refractivity contribution in [2.45, 2.75) is 64.6 Å². The van der Waals surface area contributed by atoms with Crippen molar-refractivity contribution in [3.63, 3.8) is 0 Å². The van der Waals surface area contributed by atoms with E-state index in [-0.39, 0.29) is 42.4 Å². The first-order valence-corrected chi connectivity index (χ1v) is 10.8. The van der Waals surface area contributed by atoms with Crippen LogP contribution < -0.4 is 10.2 Å². The summed E-state index contributed by atoms with van der Waals surface area (Å²) in [6.45, 7) is 5.74. The summed E-state index contributed by atoms with van der Waals surface area (Å²) < 4.78 is 6.50. The largest absolute Gasteiger partial charge is 0.461 e. The predicted octanol–water partition coefficient (Wildman–Crippen LogP) is 2.85. The molecular weight excluding hydrogens is 396 g/mol. The van der Waals surface area contributed by atoms with Gasteiger partial charge >= 0.3 is 5.97 Å².